The summed E-state index contributed by atoms with van der Waals surface area (Å²) in [4.78, 5) is 4.42. The summed E-state index contributed by atoms with van der Waals surface area (Å²) in [6, 6.07) is 4.17. The lowest BCUT2D eigenvalue weighted by Gasteiger charge is -2.12. The Hall–Kier alpha value is -1.88. The van der Waals surface area contributed by atoms with E-state index in [4.69, 9.17) is 4.74 Å². The van der Waals surface area contributed by atoms with Crippen LogP contribution in [-0.4, -0.2) is 21.3 Å². The molecule has 0 spiro atoms. The van der Waals surface area contributed by atoms with Crippen molar-refractivity contribution in [2.24, 2.45) is 7.05 Å². The molecule has 1 atom stereocenters. The molecule has 2 heterocycles. The van der Waals surface area contributed by atoms with Gasteiger partial charge in [0.25, 0.3) is 0 Å². The zero-order chi connectivity index (χ0) is 13.7. The topological polar surface area (TPSA) is 52.0 Å². The molecular weight excluding hydrogens is 240 g/mol. The van der Waals surface area contributed by atoms with E-state index in [1.54, 1.807) is 17.1 Å². The second kappa shape index (κ2) is 6.33. The summed E-state index contributed by atoms with van der Waals surface area (Å²) >= 11 is 0. The van der Waals surface area contributed by atoms with Gasteiger partial charge in [-0.25, -0.2) is 0 Å². The molecule has 5 nitrogen and oxygen atoms in total. The van der Waals surface area contributed by atoms with Crippen molar-refractivity contribution >= 4 is 0 Å². The maximum atomic E-state index is 5.65. The lowest BCUT2D eigenvalue weighted by molar-refractivity contribution is 0.477. The molecule has 0 radical (unpaired) electrons. The first-order valence-electron chi connectivity index (χ1n) is 6.55. The first-order valence-corrected chi connectivity index (χ1v) is 6.55. The van der Waals surface area contributed by atoms with Crippen LogP contribution in [0, 0.1) is 0 Å². The summed E-state index contributed by atoms with van der Waals surface area (Å²) in [7, 11) is 1.86. The molecule has 19 heavy (non-hydrogen) atoms. The highest BCUT2D eigenvalue weighted by atomic mass is 16.5. The van der Waals surface area contributed by atoms with Gasteiger partial charge >= 0.3 is 0 Å². The molecule has 2 aromatic heterocycles. The third kappa shape index (κ3) is 3.79. The maximum absolute atomic E-state index is 5.65. The highest BCUT2D eigenvalue weighted by Crippen LogP contribution is 2.20. The molecule has 0 saturated carbocycles. The van der Waals surface area contributed by atoms with Crippen LogP contribution in [0.4, 0.5) is 0 Å². The van der Waals surface area contributed by atoms with Crippen LogP contribution in [0.25, 0.3) is 0 Å². The molecule has 102 valence electrons. The van der Waals surface area contributed by atoms with Crippen molar-refractivity contribution in [3.05, 3.63) is 36.4 Å². The SMILES string of the molecule is CCCNC(C)c1ccc(Oc2cnn(C)c2)cn1. The first kappa shape index (κ1) is 13.5. The van der Waals surface area contributed by atoms with Crippen LogP contribution in [0.2, 0.25) is 0 Å². The Morgan fingerprint density at radius 1 is 1.32 bits per heavy atom. The quantitative estimate of drug-likeness (QED) is 0.867. The summed E-state index contributed by atoms with van der Waals surface area (Å²) in [6.45, 7) is 5.26. The predicted octanol–water partition coefficient (Wildman–Crippen LogP) is 2.67. The summed E-state index contributed by atoms with van der Waals surface area (Å²) in [5.74, 6) is 1.44. The number of ether oxygens (including phenoxy) is 1. The van der Waals surface area contributed by atoms with Gasteiger partial charge in [-0.3, -0.25) is 9.67 Å². The van der Waals surface area contributed by atoms with E-state index < -0.39 is 0 Å². The summed E-state index contributed by atoms with van der Waals surface area (Å²) in [5, 5.41) is 7.46. The molecule has 0 saturated heterocycles. The van der Waals surface area contributed by atoms with Crippen molar-refractivity contribution in [1.82, 2.24) is 20.1 Å². The van der Waals surface area contributed by atoms with Crippen LogP contribution >= 0.6 is 0 Å². The van der Waals surface area contributed by atoms with E-state index in [1.807, 2.05) is 25.4 Å². The molecular formula is C14H20N4O. The van der Waals surface area contributed by atoms with E-state index in [0.717, 1.165) is 24.4 Å². The zero-order valence-electron chi connectivity index (χ0n) is 11.6. The van der Waals surface area contributed by atoms with Gasteiger partial charge < -0.3 is 10.1 Å². The molecule has 5 heteroatoms. The Labute approximate surface area is 113 Å². The van der Waals surface area contributed by atoms with E-state index in [9.17, 15) is 0 Å². The Kier molecular flexibility index (Phi) is 4.52. The molecule has 2 rings (SSSR count). The fourth-order valence-electron chi connectivity index (χ4n) is 1.76. The first-order chi connectivity index (χ1) is 9.19. The minimum atomic E-state index is 0.257. The molecule has 0 aliphatic heterocycles. The van der Waals surface area contributed by atoms with E-state index in [1.165, 1.54) is 0 Å². The number of pyridine rings is 1. The molecule has 0 bridgehead atoms. The van der Waals surface area contributed by atoms with Crippen LogP contribution in [0.15, 0.2) is 30.7 Å². The predicted molar refractivity (Wildman–Crippen MR) is 74.2 cm³/mol. The lowest BCUT2D eigenvalue weighted by atomic mass is 10.2. The van der Waals surface area contributed by atoms with Gasteiger partial charge in [0.15, 0.2) is 5.75 Å². The Morgan fingerprint density at radius 3 is 2.74 bits per heavy atom. The number of hydrogen-bond donors (Lipinski definition) is 1. The van der Waals surface area contributed by atoms with Gasteiger partial charge in [0.1, 0.15) is 5.75 Å². The minimum Gasteiger partial charge on any atom is -0.452 e. The Bertz CT molecular complexity index is 506. The maximum Gasteiger partial charge on any atom is 0.165 e. The second-order valence-electron chi connectivity index (χ2n) is 4.55. The molecule has 1 unspecified atom stereocenters. The molecule has 2 aromatic rings. The molecule has 0 aliphatic rings. The summed E-state index contributed by atoms with van der Waals surface area (Å²) in [5.41, 5.74) is 1.02. The van der Waals surface area contributed by atoms with Crippen LogP contribution in [0.1, 0.15) is 32.0 Å². The molecule has 0 aliphatic carbocycles. The standard InChI is InChI=1S/C14H20N4O/c1-4-7-15-11(2)14-6-5-12(8-16-14)19-13-9-17-18(3)10-13/h5-6,8-11,15H,4,7H2,1-3H3. The number of rotatable bonds is 6. The zero-order valence-corrected chi connectivity index (χ0v) is 11.6. The summed E-state index contributed by atoms with van der Waals surface area (Å²) in [6.07, 6.45) is 6.36. The van der Waals surface area contributed by atoms with Crippen molar-refractivity contribution in [3.63, 3.8) is 0 Å². The van der Waals surface area contributed by atoms with Crippen molar-refractivity contribution in [3.8, 4) is 11.5 Å². The molecule has 0 fully saturated rings. The molecule has 1 N–H and O–H groups in total. The van der Waals surface area contributed by atoms with Crippen LogP contribution in [0.3, 0.4) is 0 Å². The number of hydrogen-bond acceptors (Lipinski definition) is 4. The second-order valence-corrected chi connectivity index (χ2v) is 4.55. The van der Waals surface area contributed by atoms with Gasteiger partial charge in [0.2, 0.25) is 0 Å². The van der Waals surface area contributed by atoms with Crippen molar-refractivity contribution < 1.29 is 4.74 Å². The normalized spacial score (nSPS) is 12.4. The largest absolute Gasteiger partial charge is 0.452 e. The van der Waals surface area contributed by atoms with E-state index in [2.05, 4.69) is 29.2 Å². The van der Waals surface area contributed by atoms with E-state index >= 15 is 0 Å². The van der Waals surface area contributed by atoms with Crippen LogP contribution in [-0.2, 0) is 7.05 Å². The van der Waals surface area contributed by atoms with Gasteiger partial charge in [-0.2, -0.15) is 5.10 Å². The fourth-order valence-corrected chi connectivity index (χ4v) is 1.76. The third-order valence-corrected chi connectivity index (χ3v) is 2.82. The third-order valence-electron chi connectivity index (χ3n) is 2.82. The number of nitrogens with zero attached hydrogens (tertiary/aromatic N) is 3. The molecule has 0 amide bonds. The Balaban J connectivity index is 1.98. The number of aromatic nitrogens is 3. The van der Waals surface area contributed by atoms with Gasteiger partial charge in [0.05, 0.1) is 24.3 Å². The van der Waals surface area contributed by atoms with Gasteiger partial charge in [0, 0.05) is 13.1 Å². The lowest BCUT2D eigenvalue weighted by Crippen LogP contribution is -2.20. The van der Waals surface area contributed by atoms with Crippen molar-refractivity contribution in [2.45, 2.75) is 26.3 Å². The highest BCUT2D eigenvalue weighted by molar-refractivity contribution is 5.27. The van der Waals surface area contributed by atoms with E-state index in [-0.39, 0.29) is 6.04 Å². The van der Waals surface area contributed by atoms with Crippen molar-refractivity contribution in [1.29, 1.82) is 0 Å². The fraction of sp³-hybridized carbons (Fsp3) is 0.429. The minimum absolute atomic E-state index is 0.257. The van der Waals surface area contributed by atoms with Crippen molar-refractivity contribution in [2.75, 3.05) is 6.54 Å². The smallest absolute Gasteiger partial charge is 0.165 e. The van der Waals surface area contributed by atoms with E-state index in [0.29, 0.717) is 5.75 Å². The molecule has 0 aromatic carbocycles. The highest BCUT2D eigenvalue weighted by Gasteiger charge is 2.06. The number of aryl methyl sites for hydroxylation is 1. The number of nitrogens with one attached hydrogen (secondary N) is 1. The van der Waals surface area contributed by atoms with Gasteiger partial charge in [-0.15, -0.1) is 0 Å². The average Bonchev–Trinajstić information content (AvgIpc) is 2.82. The summed E-state index contributed by atoms with van der Waals surface area (Å²) < 4.78 is 7.35. The van der Waals surface area contributed by atoms with Crippen LogP contribution in [0.5, 0.6) is 11.5 Å². The van der Waals surface area contributed by atoms with Gasteiger partial charge in [-0.1, -0.05) is 6.92 Å². The average molecular weight is 260 g/mol. The monoisotopic (exact) mass is 260 g/mol. The Morgan fingerprint density at radius 2 is 2.16 bits per heavy atom. The van der Waals surface area contributed by atoms with Gasteiger partial charge in [-0.05, 0) is 32.0 Å². The van der Waals surface area contributed by atoms with Crippen LogP contribution < -0.4 is 10.1 Å².